The number of aromatic nitrogens is 2. The zero-order valence-electron chi connectivity index (χ0n) is 7.95. The summed E-state index contributed by atoms with van der Waals surface area (Å²) in [6, 6.07) is 0. The highest BCUT2D eigenvalue weighted by Crippen LogP contribution is 2.14. The van der Waals surface area contributed by atoms with Crippen LogP contribution in [-0.2, 0) is 4.79 Å². The fraction of sp³-hybridized carbons (Fsp3) is 0.375. The number of hydrogen-bond donors (Lipinski definition) is 3. The first kappa shape index (κ1) is 10.2. The zero-order valence-corrected chi connectivity index (χ0v) is 7.95. The van der Waals surface area contributed by atoms with Gasteiger partial charge in [0.15, 0.2) is 0 Å². The third-order valence-corrected chi connectivity index (χ3v) is 1.79. The van der Waals surface area contributed by atoms with E-state index in [0.717, 1.165) is 5.56 Å². The molecule has 5 N–H and O–H groups in total. The van der Waals surface area contributed by atoms with E-state index in [9.17, 15) is 4.79 Å². The van der Waals surface area contributed by atoms with Crippen LogP contribution in [0.15, 0.2) is 6.33 Å². The SMILES string of the molecule is Cc1c(N)ncnc1NCCC(N)=O. The fourth-order valence-corrected chi connectivity index (χ4v) is 0.946. The molecule has 0 aliphatic heterocycles. The number of primary amides is 1. The molecule has 0 unspecified atom stereocenters. The Morgan fingerprint density at radius 1 is 1.57 bits per heavy atom. The minimum Gasteiger partial charge on any atom is -0.383 e. The number of nitrogens with two attached hydrogens (primary N) is 2. The van der Waals surface area contributed by atoms with Crippen LogP contribution in [0.4, 0.5) is 11.6 Å². The van der Waals surface area contributed by atoms with E-state index in [1.165, 1.54) is 6.33 Å². The molecule has 0 saturated heterocycles. The molecule has 6 heteroatoms. The third kappa shape index (κ3) is 2.58. The first-order valence-electron chi connectivity index (χ1n) is 4.20. The predicted octanol–water partition coefficient (Wildman–Crippen LogP) is -0.345. The van der Waals surface area contributed by atoms with Gasteiger partial charge in [0.05, 0.1) is 0 Å². The van der Waals surface area contributed by atoms with Gasteiger partial charge in [-0.2, -0.15) is 0 Å². The Morgan fingerprint density at radius 3 is 2.93 bits per heavy atom. The standard InChI is InChI=1S/C8H13N5O/c1-5-7(10)12-4-13-8(5)11-3-2-6(9)14/h4H,2-3H2,1H3,(H2,9,14)(H3,10,11,12,13). The van der Waals surface area contributed by atoms with E-state index in [1.807, 2.05) is 6.92 Å². The normalized spacial score (nSPS) is 9.79. The molecule has 0 spiro atoms. The summed E-state index contributed by atoms with van der Waals surface area (Å²) in [5.41, 5.74) is 11.3. The molecule has 0 aliphatic rings. The number of nitrogens with one attached hydrogen (secondary N) is 1. The van der Waals surface area contributed by atoms with Crippen LogP contribution in [0.3, 0.4) is 0 Å². The molecule has 14 heavy (non-hydrogen) atoms. The molecule has 0 aromatic carbocycles. The van der Waals surface area contributed by atoms with Crippen molar-refractivity contribution in [1.82, 2.24) is 9.97 Å². The van der Waals surface area contributed by atoms with E-state index in [0.29, 0.717) is 18.2 Å². The van der Waals surface area contributed by atoms with Gasteiger partial charge < -0.3 is 16.8 Å². The average Bonchev–Trinajstić information content (AvgIpc) is 2.12. The smallest absolute Gasteiger partial charge is 0.219 e. The lowest BCUT2D eigenvalue weighted by atomic mass is 10.3. The maximum absolute atomic E-state index is 10.5. The van der Waals surface area contributed by atoms with E-state index >= 15 is 0 Å². The van der Waals surface area contributed by atoms with Crippen LogP contribution >= 0.6 is 0 Å². The van der Waals surface area contributed by atoms with Crippen LogP contribution < -0.4 is 16.8 Å². The topological polar surface area (TPSA) is 107 Å². The first-order chi connectivity index (χ1) is 6.61. The molecule has 0 atom stereocenters. The maximum atomic E-state index is 10.5. The zero-order chi connectivity index (χ0) is 10.6. The predicted molar refractivity (Wildman–Crippen MR) is 53.5 cm³/mol. The van der Waals surface area contributed by atoms with Crippen LogP contribution in [0, 0.1) is 6.92 Å². The summed E-state index contributed by atoms with van der Waals surface area (Å²) in [6.07, 6.45) is 1.64. The van der Waals surface area contributed by atoms with Crippen molar-refractivity contribution in [3.8, 4) is 0 Å². The Balaban J connectivity index is 2.59. The molecule has 0 fully saturated rings. The minimum absolute atomic E-state index is 0.267. The molecular formula is C8H13N5O. The molecule has 0 saturated carbocycles. The summed E-state index contributed by atoms with van der Waals surface area (Å²) in [7, 11) is 0. The number of rotatable bonds is 4. The van der Waals surface area contributed by atoms with Crippen LogP contribution in [-0.4, -0.2) is 22.4 Å². The van der Waals surface area contributed by atoms with Gasteiger partial charge in [-0.1, -0.05) is 0 Å². The van der Waals surface area contributed by atoms with Gasteiger partial charge in [0.1, 0.15) is 18.0 Å². The Morgan fingerprint density at radius 2 is 2.29 bits per heavy atom. The second kappa shape index (κ2) is 4.40. The van der Waals surface area contributed by atoms with Gasteiger partial charge in [-0.25, -0.2) is 9.97 Å². The van der Waals surface area contributed by atoms with Crippen molar-refractivity contribution in [2.75, 3.05) is 17.6 Å². The number of amides is 1. The highest BCUT2D eigenvalue weighted by Gasteiger charge is 2.03. The van der Waals surface area contributed by atoms with Gasteiger partial charge in [-0.3, -0.25) is 4.79 Å². The van der Waals surface area contributed by atoms with Crippen LogP contribution in [0.1, 0.15) is 12.0 Å². The Hall–Kier alpha value is -1.85. The molecule has 1 aromatic heterocycles. The largest absolute Gasteiger partial charge is 0.383 e. The molecule has 6 nitrogen and oxygen atoms in total. The molecule has 1 rings (SSSR count). The van der Waals surface area contributed by atoms with Gasteiger partial charge in [0.2, 0.25) is 5.91 Å². The van der Waals surface area contributed by atoms with Crippen LogP contribution in [0.5, 0.6) is 0 Å². The summed E-state index contributed by atoms with van der Waals surface area (Å²) >= 11 is 0. The highest BCUT2D eigenvalue weighted by molar-refractivity contribution is 5.74. The van der Waals surface area contributed by atoms with Crippen molar-refractivity contribution in [2.45, 2.75) is 13.3 Å². The van der Waals surface area contributed by atoms with Crippen molar-refractivity contribution < 1.29 is 4.79 Å². The summed E-state index contributed by atoms with van der Waals surface area (Å²) < 4.78 is 0. The molecule has 1 heterocycles. The lowest BCUT2D eigenvalue weighted by molar-refractivity contribution is -0.117. The molecule has 0 radical (unpaired) electrons. The maximum Gasteiger partial charge on any atom is 0.219 e. The van der Waals surface area contributed by atoms with Crippen molar-refractivity contribution in [3.05, 3.63) is 11.9 Å². The molecule has 1 aromatic rings. The number of carbonyl (C=O) groups excluding carboxylic acids is 1. The quantitative estimate of drug-likeness (QED) is 0.609. The Bertz CT molecular complexity index is 339. The van der Waals surface area contributed by atoms with E-state index in [4.69, 9.17) is 11.5 Å². The van der Waals surface area contributed by atoms with Crippen LogP contribution in [0.2, 0.25) is 0 Å². The van der Waals surface area contributed by atoms with E-state index in [2.05, 4.69) is 15.3 Å². The number of hydrogen-bond acceptors (Lipinski definition) is 5. The number of carbonyl (C=O) groups is 1. The first-order valence-corrected chi connectivity index (χ1v) is 4.20. The van der Waals surface area contributed by atoms with Crippen molar-refractivity contribution >= 4 is 17.5 Å². The summed E-state index contributed by atoms with van der Waals surface area (Å²) in [5, 5.41) is 2.95. The van der Waals surface area contributed by atoms with E-state index in [1.54, 1.807) is 0 Å². The van der Waals surface area contributed by atoms with Crippen molar-refractivity contribution in [1.29, 1.82) is 0 Å². The average molecular weight is 195 g/mol. The van der Waals surface area contributed by atoms with Gasteiger partial charge in [0.25, 0.3) is 0 Å². The minimum atomic E-state index is -0.350. The summed E-state index contributed by atoms with van der Waals surface area (Å²) in [6.45, 7) is 2.26. The number of nitrogens with zero attached hydrogens (tertiary/aromatic N) is 2. The van der Waals surface area contributed by atoms with Crippen LogP contribution in [0.25, 0.3) is 0 Å². The second-order valence-electron chi connectivity index (χ2n) is 2.88. The third-order valence-electron chi connectivity index (χ3n) is 1.79. The van der Waals surface area contributed by atoms with Crippen molar-refractivity contribution in [3.63, 3.8) is 0 Å². The highest BCUT2D eigenvalue weighted by atomic mass is 16.1. The van der Waals surface area contributed by atoms with Gasteiger partial charge in [0, 0.05) is 18.5 Å². The fourth-order valence-electron chi connectivity index (χ4n) is 0.946. The summed E-state index contributed by atoms with van der Waals surface area (Å²) in [4.78, 5) is 18.3. The monoisotopic (exact) mass is 195 g/mol. The van der Waals surface area contributed by atoms with E-state index in [-0.39, 0.29) is 12.3 Å². The second-order valence-corrected chi connectivity index (χ2v) is 2.88. The lowest BCUT2D eigenvalue weighted by Gasteiger charge is -2.07. The molecule has 0 aliphatic carbocycles. The Labute approximate surface area is 81.7 Å². The van der Waals surface area contributed by atoms with Crippen molar-refractivity contribution in [2.24, 2.45) is 5.73 Å². The lowest BCUT2D eigenvalue weighted by Crippen LogP contribution is -2.17. The molecule has 76 valence electrons. The van der Waals surface area contributed by atoms with E-state index < -0.39 is 0 Å². The van der Waals surface area contributed by atoms with Gasteiger partial charge in [-0.15, -0.1) is 0 Å². The summed E-state index contributed by atoms with van der Waals surface area (Å²) in [5.74, 6) is 0.720. The number of anilines is 2. The molecule has 0 bridgehead atoms. The molecular weight excluding hydrogens is 182 g/mol. The van der Waals surface area contributed by atoms with Gasteiger partial charge in [-0.05, 0) is 6.92 Å². The van der Waals surface area contributed by atoms with Gasteiger partial charge >= 0.3 is 0 Å². The Kier molecular flexibility index (Phi) is 3.22. The number of nitrogen functional groups attached to an aromatic ring is 1. The molecule has 1 amide bonds.